The SMILES string of the molecule is Cn1cnc2ccnc(SCc3ccc(Cl)c(Cl)c3)c21. The first-order chi connectivity index (χ1) is 9.65. The zero-order chi connectivity index (χ0) is 14.1. The molecule has 0 spiro atoms. The van der Waals surface area contributed by atoms with Gasteiger partial charge >= 0.3 is 0 Å². The van der Waals surface area contributed by atoms with Crippen molar-refractivity contribution in [3.8, 4) is 0 Å². The Morgan fingerprint density at radius 2 is 2.00 bits per heavy atom. The van der Waals surface area contributed by atoms with Gasteiger partial charge in [0, 0.05) is 19.0 Å². The number of hydrogen-bond donors (Lipinski definition) is 0. The highest BCUT2D eigenvalue weighted by atomic mass is 35.5. The van der Waals surface area contributed by atoms with Crippen molar-refractivity contribution in [3.63, 3.8) is 0 Å². The monoisotopic (exact) mass is 323 g/mol. The lowest BCUT2D eigenvalue weighted by Gasteiger charge is -2.05. The molecule has 6 heteroatoms. The van der Waals surface area contributed by atoms with Gasteiger partial charge < -0.3 is 4.57 Å². The summed E-state index contributed by atoms with van der Waals surface area (Å²) in [6.07, 6.45) is 3.59. The minimum atomic E-state index is 0.576. The molecule has 2 heterocycles. The molecule has 20 heavy (non-hydrogen) atoms. The lowest BCUT2D eigenvalue weighted by atomic mass is 10.2. The van der Waals surface area contributed by atoms with Crippen molar-refractivity contribution in [3.05, 3.63) is 52.4 Å². The summed E-state index contributed by atoms with van der Waals surface area (Å²) in [4.78, 5) is 8.77. The Kier molecular flexibility index (Phi) is 3.87. The summed E-state index contributed by atoms with van der Waals surface area (Å²) >= 11 is 13.6. The highest BCUT2D eigenvalue weighted by molar-refractivity contribution is 7.98. The molecule has 0 amide bonds. The molecule has 2 aromatic heterocycles. The van der Waals surface area contributed by atoms with E-state index in [1.54, 1.807) is 24.3 Å². The Morgan fingerprint density at radius 1 is 1.15 bits per heavy atom. The van der Waals surface area contributed by atoms with Crippen LogP contribution in [0.1, 0.15) is 5.56 Å². The molecule has 1 aromatic carbocycles. The largest absolute Gasteiger partial charge is 0.332 e. The van der Waals surface area contributed by atoms with E-state index < -0.39 is 0 Å². The predicted octanol–water partition coefficient (Wildman–Crippen LogP) is 4.57. The fourth-order valence-electron chi connectivity index (χ4n) is 1.95. The first-order valence-corrected chi connectivity index (χ1v) is 7.72. The van der Waals surface area contributed by atoms with E-state index in [2.05, 4.69) is 9.97 Å². The second-order valence-corrected chi connectivity index (χ2v) is 6.15. The number of nitrogens with zero attached hydrogens (tertiary/aromatic N) is 3. The number of fused-ring (bicyclic) bond motifs is 1. The van der Waals surface area contributed by atoms with Crippen molar-refractivity contribution in [1.29, 1.82) is 0 Å². The molecule has 0 radical (unpaired) electrons. The van der Waals surface area contributed by atoms with Gasteiger partial charge in [-0.25, -0.2) is 9.97 Å². The molecular weight excluding hydrogens is 313 g/mol. The van der Waals surface area contributed by atoms with Crippen LogP contribution in [0.4, 0.5) is 0 Å². The molecule has 0 N–H and O–H groups in total. The van der Waals surface area contributed by atoms with Crippen LogP contribution in [0.5, 0.6) is 0 Å². The van der Waals surface area contributed by atoms with Crippen LogP contribution >= 0.6 is 35.0 Å². The standard InChI is InChI=1S/C14H11Cl2N3S/c1-19-8-18-12-4-5-17-14(13(12)19)20-7-9-2-3-10(15)11(16)6-9/h2-6,8H,7H2,1H3. The highest BCUT2D eigenvalue weighted by Crippen LogP contribution is 2.29. The van der Waals surface area contributed by atoms with E-state index in [0.29, 0.717) is 10.0 Å². The van der Waals surface area contributed by atoms with Crippen molar-refractivity contribution >= 4 is 46.0 Å². The summed E-state index contributed by atoms with van der Waals surface area (Å²) in [7, 11) is 1.97. The molecule has 0 aliphatic rings. The van der Waals surface area contributed by atoms with Crippen molar-refractivity contribution in [2.45, 2.75) is 10.8 Å². The average molecular weight is 324 g/mol. The summed E-state index contributed by atoms with van der Waals surface area (Å²) < 4.78 is 1.99. The average Bonchev–Trinajstić information content (AvgIpc) is 2.83. The molecule has 0 unspecified atom stereocenters. The molecule has 102 valence electrons. The van der Waals surface area contributed by atoms with E-state index in [1.807, 2.05) is 35.9 Å². The molecule has 3 rings (SSSR count). The van der Waals surface area contributed by atoms with Gasteiger partial charge in [-0.15, -0.1) is 0 Å². The van der Waals surface area contributed by atoms with E-state index in [4.69, 9.17) is 23.2 Å². The number of aromatic nitrogens is 3. The van der Waals surface area contributed by atoms with E-state index in [1.165, 1.54) is 0 Å². The van der Waals surface area contributed by atoms with E-state index >= 15 is 0 Å². The first-order valence-electron chi connectivity index (χ1n) is 5.98. The smallest absolute Gasteiger partial charge is 0.122 e. The maximum atomic E-state index is 6.03. The lowest BCUT2D eigenvalue weighted by molar-refractivity contribution is 0.927. The number of halogens is 2. The van der Waals surface area contributed by atoms with Gasteiger partial charge in [0.25, 0.3) is 0 Å². The second kappa shape index (κ2) is 5.64. The minimum Gasteiger partial charge on any atom is -0.332 e. The van der Waals surface area contributed by atoms with Crippen molar-refractivity contribution < 1.29 is 0 Å². The molecule has 0 aliphatic carbocycles. The van der Waals surface area contributed by atoms with Crippen molar-refractivity contribution in [2.24, 2.45) is 7.05 Å². The molecule has 0 atom stereocenters. The first kappa shape index (κ1) is 13.7. The maximum absolute atomic E-state index is 6.03. The molecule has 0 saturated carbocycles. The molecule has 0 aliphatic heterocycles. The molecule has 0 bridgehead atoms. The number of hydrogen-bond acceptors (Lipinski definition) is 3. The number of imidazole rings is 1. The van der Waals surface area contributed by atoms with Gasteiger partial charge in [0.2, 0.25) is 0 Å². The predicted molar refractivity (Wildman–Crippen MR) is 84.5 cm³/mol. The Labute approximate surface area is 130 Å². The Bertz CT molecular complexity index is 770. The van der Waals surface area contributed by atoms with E-state index in [9.17, 15) is 0 Å². The Morgan fingerprint density at radius 3 is 2.80 bits per heavy atom. The van der Waals surface area contributed by atoms with Crippen LogP contribution in [0.3, 0.4) is 0 Å². The van der Waals surface area contributed by atoms with Crippen LogP contribution in [-0.4, -0.2) is 14.5 Å². The Hall–Kier alpha value is -1.23. The number of benzene rings is 1. The van der Waals surface area contributed by atoms with Crippen LogP contribution in [0.15, 0.2) is 41.8 Å². The van der Waals surface area contributed by atoms with Crippen LogP contribution in [-0.2, 0) is 12.8 Å². The maximum Gasteiger partial charge on any atom is 0.122 e. The third-order valence-corrected chi connectivity index (χ3v) is 4.74. The number of thioether (sulfide) groups is 1. The van der Waals surface area contributed by atoms with Gasteiger partial charge in [0.05, 0.1) is 21.9 Å². The fourth-order valence-corrected chi connectivity index (χ4v) is 3.28. The van der Waals surface area contributed by atoms with Crippen molar-refractivity contribution in [2.75, 3.05) is 0 Å². The third kappa shape index (κ3) is 2.64. The highest BCUT2D eigenvalue weighted by Gasteiger charge is 2.08. The summed E-state index contributed by atoms with van der Waals surface area (Å²) in [5.74, 6) is 0.786. The summed E-state index contributed by atoms with van der Waals surface area (Å²) in [5, 5.41) is 2.12. The van der Waals surface area contributed by atoms with Crippen LogP contribution in [0.2, 0.25) is 10.0 Å². The van der Waals surface area contributed by atoms with Crippen LogP contribution < -0.4 is 0 Å². The van der Waals surface area contributed by atoms with E-state index in [0.717, 1.165) is 27.4 Å². The molecule has 0 fully saturated rings. The fraction of sp³-hybridized carbons (Fsp3) is 0.143. The minimum absolute atomic E-state index is 0.576. The molecule has 0 saturated heterocycles. The van der Waals surface area contributed by atoms with Gasteiger partial charge in [-0.1, -0.05) is 41.0 Å². The Balaban J connectivity index is 1.86. The van der Waals surface area contributed by atoms with Gasteiger partial charge in [0.15, 0.2) is 0 Å². The van der Waals surface area contributed by atoms with Gasteiger partial charge in [-0.05, 0) is 23.8 Å². The van der Waals surface area contributed by atoms with Gasteiger partial charge in [-0.2, -0.15) is 0 Å². The number of aryl methyl sites for hydroxylation is 1. The van der Waals surface area contributed by atoms with Gasteiger partial charge in [0.1, 0.15) is 10.5 Å². The van der Waals surface area contributed by atoms with Crippen LogP contribution in [0.25, 0.3) is 11.0 Å². The third-order valence-electron chi connectivity index (χ3n) is 2.95. The number of rotatable bonds is 3. The second-order valence-electron chi connectivity index (χ2n) is 4.38. The van der Waals surface area contributed by atoms with Crippen LogP contribution in [0, 0.1) is 0 Å². The van der Waals surface area contributed by atoms with Crippen molar-refractivity contribution in [1.82, 2.24) is 14.5 Å². The number of pyridine rings is 1. The zero-order valence-electron chi connectivity index (χ0n) is 10.7. The summed E-state index contributed by atoms with van der Waals surface area (Å²) in [5.41, 5.74) is 3.13. The molecule has 3 nitrogen and oxygen atoms in total. The van der Waals surface area contributed by atoms with Gasteiger partial charge in [-0.3, -0.25) is 0 Å². The zero-order valence-corrected chi connectivity index (χ0v) is 13.0. The summed E-state index contributed by atoms with van der Waals surface area (Å²) in [6, 6.07) is 7.60. The topological polar surface area (TPSA) is 30.7 Å². The normalized spacial score (nSPS) is 11.2. The molecular formula is C14H11Cl2N3S. The summed E-state index contributed by atoms with van der Waals surface area (Å²) in [6.45, 7) is 0. The van der Waals surface area contributed by atoms with E-state index in [-0.39, 0.29) is 0 Å². The quantitative estimate of drug-likeness (QED) is 0.661. The lowest BCUT2D eigenvalue weighted by Crippen LogP contribution is -1.90. The molecule has 3 aromatic rings.